The maximum absolute atomic E-state index is 12.2. The van der Waals surface area contributed by atoms with E-state index in [1.165, 1.54) is 0 Å². The average molecular weight is 318 g/mol. The molecular weight excluding hydrogens is 300 g/mol. The Bertz CT molecular complexity index is 623. The monoisotopic (exact) mass is 318 g/mol. The van der Waals surface area contributed by atoms with Gasteiger partial charge in [-0.2, -0.15) is 0 Å². The zero-order valence-corrected chi connectivity index (χ0v) is 12.7. The van der Waals surface area contributed by atoms with Crippen LogP contribution >= 0.6 is 0 Å². The molecule has 0 aliphatic carbocycles. The van der Waals surface area contributed by atoms with Crippen molar-refractivity contribution in [3.8, 4) is 11.5 Å². The first-order valence-corrected chi connectivity index (χ1v) is 7.57. The van der Waals surface area contributed by atoms with Crippen molar-refractivity contribution >= 4 is 18.1 Å². The fraction of sp³-hybridized carbons (Fsp3) is 0.438. The van der Waals surface area contributed by atoms with Crippen molar-refractivity contribution in [3.63, 3.8) is 0 Å². The SMILES string of the molecule is O=CN1CCN(C(=O)CCC(=O)c2ccc3c(c2)OCO3)CC1. The number of ether oxygens (including phenoxy) is 2. The number of hydrogen-bond acceptors (Lipinski definition) is 5. The number of carbonyl (C=O) groups is 3. The van der Waals surface area contributed by atoms with Gasteiger partial charge in [0.05, 0.1) is 0 Å². The highest BCUT2D eigenvalue weighted by atomic mass is 16.7. The lowest BCUT2D eigenvalue weighted by Gasteiger charge is -2.32. The predicted octanol–water partition coefficient (Wildman–Crippen LogP) is 0.679. The largest absolute Gasteiger partial charge is 0.454 e. The molecule has 1 aromatic carbocycles. The van der Waals surface area contributed by atoms with Crippen molar-refractivity contribution in [1.29, 1.82) is 0 Å². The van der Waals surface area contributed by atoms with Gasteiger partial charge < -0.3 is 19.3 Å². The summed E-state index contributed by atoms with van der Waals surface area (Å²) in [5.41, 5.74) is 0.521. The van der Waals surface area contributed by atoms with Gasteiger partial charge in [-0.05, 0) is 18.2 Å². The summed E-state index contributed by atoms with van der Waals surface area (Å²) in [7, 11) is 0. The molecule has 1 aromatic rings. The van der Waals surface area contributed by atoms with Crippen LogP contribution in [0.15, 0.2) is 18.2 Å². The molecule has 1 saturated heterocycles. The Labute approximate surface area is 133 Å². The quantitative estimate of drug-likeness (QED) is 0.589. The van der Waals surface area contributed by atoms with Gasteiger partial charge in [0.15, 0.2) is 17.3 Å². The highest BCUT2D eigenvalue weighted by Gasteiger charge is 2.21. The molecule has 7 nitrogen and oxygen atoms in total. The van der Waals surface area contributed by atoms with Crippen LogP contribution in [0.5, 0.6) is 11.5 Å². The van der Waals surface area contributed by atoms with Crippen molar-refractivity contribution in [2.24, 2.45) is 0 Å². The molecule has 2 amide bonds. The summed E-state index contributed by atoms with van der Waals surface area (Å²) in [6.07, 6.45) is 1.13. The van der Waals surface area contributed by atoms with Crippen LogP contribution in [0.1, 0.15) is 23.2 Å². The minimum absolute atomic E-state index is 0.0513. The van der Waals surface area contributed by atoms with Crippen molar-refractivity contribution in [2.75, 3.05) is 33.0 Å². The molecule has 122 valence electrons. The number of hydrogen-bond donors (Lipinski definition) is 0. The molecule has 0 radical (unpaired) electrons. The highest BCUT2D eigenvalue weighted by Crippen LogP contribution is 2.32. The highest BCUT2D eigenvalue weighted by molar-refractivity contribution is 5.98. The summed E-state index contributed by atoms with van der Waals surface area (Å²) >= 11 is 0. The van der Waals surface area contributed by atoms with Crippen LogP contribution in [-0.2, 0) is 9.59 Å². The molecule has 0 unspecified atom stereocenters. The number of nitrogens with zero attached hydrogens (tertiary/aromatic N) is 2. The lowest BCUT2D eigenvalue weighted by atomic mass is 10.1. The van der Waals surface area contributed by atoms with E-state index in [0.717, 1.165) is 6.41 Å². The molecule has 0 bridgehead atoms. The summed E-state index contributed by atoms with van der Waals surface area (Å²) in [5, 5.41) is 0. The number of fused-ring (bicyclic) bond motifs is 1. The molecule has 1 fully saturated rings. The van der Waals surface area contributed by atoms with E-state index in [4.69, 9.17) is 9.47 Å². The van der Waals surface area contributed by atoms with Crippen molar-refractivity contribution in [2.45, 2.75) is 12.8 Å². The molecular formula is C16H18N2O5. The number of carbonyl (C=O) groups excluding carboxylic acids is 3. The van der Waals surface area contributed by atoms with Crippen LogP contribution in [0.3, 0.4) is 0 Å². The maximum atomic E-state index is 12.2. The van der Waals surface area contributed by atoms with Gasteiger partial charge in [0, 0.05) is 44.6 Å². The Morgan fingerprint density at radius 3 is 2.52 bits per heavy atom. The summed E-state index contributed by atoms with van der Waals surface area (Å²) in [6.45, 7) is 2.31. The van der Waals surface area contributed by atoms with Gasteiger partial charge in [-0.1, -0.05) is 0 Å². The van der Waals surface area contributed by atoms with Gasteiger partial charge in [-0.3, -0.25) is 14.4 Å². The van der Waals surface area contributed by atoms with Gasteiger partial charge in [-0.25, -0.2) is 0 Å². The first-order valence-electron chi connectivity index (χ1n) is 7.57. The summed E-state index contributed by atoms with van der Waals surface area (Å²) < 4.78 is 10.5. The first kappa shape index (κ1) is 15.3. The Hall–Kier alpha value is -2.57. The zero-order valence-electron chi connectivity index (χ0n) is 12.7. The van der Waals surface area contributed by atoms with E-state index < -0.39 is 0 Å². The molecule has 0 saturated carbocycles. The summed E-state index contributed by atoms with van der Waals surface area (Å²) in [5.74, 6) is 1.05. The number of benzene rings is 1. The standard InChI is InChI=1S/C16H18N2O5/c19-10-17-5-7-18(8-6-17)16(21)4-2-13(20)12-1-3-14-15(9-12)23-11-22-14/h1,3,9-10H,2,4-8,11H2. The molecule has 0 N–H and O–H groups in total. The fourth-order valence-electron chi connectivity index (χ4n) is 2.67. The first-order chi connectivity index (χ1) is 11.2. The van der Waals surface area contributed by atoms with E-state index in [2.05, 4.69) is 0 Å². The number of rotatable bonds is 5. The molecule has 23 heavy (non-hydrogen) atoms. The molecule has 2 aliphatic rings. The second-order valence-corrected chi connectivity index (χ2v) is 5.51. The van der Waals surface area contributed by atoms with Crippen molar-refractivity contribution in [1.82, 2.24) is 9.80 Å². The smallest absolute Gasteiger partial charge is 0.231 e. The predicted molar refractivity (Wildman–Crippen MR) is 80.3 cm³/mol. The Morgan fingerprint density at radius 2 is 1.78 bits per heavy atom. The van der Waals surface area contributed by atoms with Crippen LogP contribution in [0.2, 0.25) is 0 Å². The minimum atomic E-state index is -0.0943. The third-order valence-corrected chi connectivity index (χ3v) is 4.08. The molecule has 3 rings (SSSR count). The van der Waals surface area contributed by atoms with Crippen LogP contribution in [0, 0.1) is 0 Å². The number of ketones is 1. The lowest BCUT2D eigenvalue weighted by molar-refractivity contribution is -0.135. The molecule has 0 aromatic heterocycles. The van der Waals surface area contributed by atoms with E-state index in [9.17, 15) is 14.4 Å². The molecule has 0 spiro atoms. The third-order valence-electron chi connectivity index (χ3n) is 4.08. The average Bonchev–Trinajstić information content (AvgIpc) is 3.07. The Morgan fingerprint density at radius 1 is 1.04 bits per heavy atom. The zero-order chi connectivity index (χ0) is 16.2. The lowest BCUT2D eigenvalue weighted by Crippen LogP contribution is -2.48. The van der Waals surface area contributed by atoms with Crippen LogP contribution in [0.25, 0.3) is 0 Å². The van der Waals surface area contributed by atoms with Crippen LogP contribution in [0.4, 0.5) is 0 Å². The van der Waals surface area contributed by atoms with Crippen LogP contribution < -0.4 is 9.47 Å². The molecule has 0 atom stereocenters. The van der Waals surface area contributed by atoms with E-state index >= 15 is 0 Å². The van der Waals surface area contributed by atoms with Crippen molar-refractivity contribution in [3.05, 3.63) is 23.8 Å². The molecule has 2 aliphatic heterocycles. The Kier molecular flexibility index (Phi) is 4.45. The van der Waals surface area contributed by atoms with Crippen LogP contribution in [-0.4, -0.2) is 60.9 Å². The maximum Gasteiger partial charge on any atom is 0.231 e. The Balaban J connectivity index is 1.51. The van der Waals surface area contributed by atoms with Gasteiger partial charge in [0.1, 0.15) is 0 Å². The topological polar surface area (TPSA) is 76.2 Å². The van der Waals surface area contributed by atoms with Gasteiger partial charge in [0.25, 0.3) is 0 Å². The van der Waals surface area contributed by atoms with Gasteiger partial charge in [0.2, 0.25) is 19.1 Å². The van der Waals surface area contributed by atoms with Gasteiger partial charge >= 0.3 is 0 Å². The summed E-state index contributed by atoms with van der Waals surface area (Å²) in [4.78, 5) is 38.3. The third kappa shape index (κ3) is 3.44. The second kappa shape index (κ2) is 6.68. The van der Waals surface area contributed by atoms with E-state index in [-0.39, 0.29) is 31.3 Å². The minimum Gasteiger partial charge on any atom is -0.454 e. The van der Waals surface area contributed by atoms with E-state index in [1.807, 2.05) is 0 Å². The van der Waals surface area contributed by atoms with E-state index in [0.29, 0.717) is 43.2 Å². The fourth-order valence-corrected chi connectivity index (χ4v) is 2.67. The molecule has 2 heterocycles. The van der Waals surface area contributed by atoms with Gasteiger partial charge in [-0.15, -0.1) is 0 Å². The number of Topliss-reactive ketones (excluding diaryl/α,β-unsaturated/α-hetero) is 1. The second-order valence-electron chi connectivity index (χ2n) is 5.51. The molecule has 7 heteroatoms. The number of piperazine rings is 1. The van der Waals surface area contributed by atoms with E-state index in [1.54, 1.807) is 28.0 Å². The number of amides is 2. The van der Waals surface area contributed by atoms with Crippen molar-refractivity contribution < 1.29 is 23.9 Å². The normalized spacial score (nSPS) is 16.3. The summed E-state index contributed by atoms with van der Waals surface area (Å²) in [6, 6.07) is 5.04.